The number of halogens is 2. The Labute approximate surface area is 144 Å². The molecule has 0 radical (unpaired) electrons. The molecule has 5 nitrogen and oxygen atoms in total. The minimum absolute atomic E-state index is 0.185. The molecule has 0 aromatic carbocycles. The maximum atomic E-state index is 13.9. The summed E-state index contributed by atoms with van der Waals surface area (Å²) in [5.74, 6) is -0.442. The molecule has 1 fully saturated rings. The largest absolute Gasteiger partial charge is 0.444 e. The van der Waals surface area contributed by atoms with Gasteiger partial charge in [0, 0.05) is 35.7 Å². The molecule has 0 bridgehead atoms. The summed E-state index contributed by atoms with van der Waals surface area (Å²) in [6.07, 6.45) is 3.21. The Kier molecular flexibility index (Phi) is 5.30. The van der Waals surface area contributed by atoms with Crippen LogP contribution in [0.5, 0.6) is 0 Å². The molecule has 1 N–H and O–H groups in total. The summed E-state index contributed by atoms with van der Waals surface area (Å²) in [7, 11) is 0. The molecule has 0 atom stereocenters. The van der Waals surface area contributed by atoms with Gasteiger partial charge in [0.1, 0.15) is 11.4 Å². The summed E-state index contributed by atoms with van der Waals surface area (Å²) in [5.41, 5.74) is -1.17. The topological polar surface area (TPSA) is 62.7 Å². The third-order valence-electron chi connectivity index (χ3n) is 3.80. The van der Waals surface area contributed by atoms with E-state index in [0.29, 0.717) is 36.0 Å². The van der Waals surface area contributed by atoms with Crippen LogP contribution in [0, 0.1) is 5.82 Å². The van der Waals surface area contributed by atoms with Crippen LogP contribution in [0.2, 0.25) is 0 Å². The highest BCUT2D eigenvalue weighted by molar-refractivity contribution is 9.10. The Balaban J connectivity index is 1.99. The molecule has 1 aromatic heterocycles. The predicted octanol–water partition coefficient (Wildman–Crippen LogP) is 3.29. The Morgan fingerprint density at radius 2 is 2.04 bits per heavy atom. The molecule has 1 aliphatic rings. The van der Waals surface area contributed by atoms with E-state index in [1.165, 1.54) is 6.20 Å². The van der Waals surface area contributed by atoms with Crippen molar-refractivity contribution in [1.82, 2.24) is 9.88 Å². The summed E-state index contributed by atoms with van der Waals surface area (Å²) in [6, 6.07) is 0. The first kappa shape index (κ1) is 18.1. The van der Waals surface area contributed by atoms with Crippen LogP contribution in [-0.2, 0) is 11.2 Å². The van der Waals surface area contributed by atoms with E-state index < -0.39 is 17.0 Å². The van der Waals surface area contributed by atoms with Gasteiger partial charge in [-0.2, -0.15) is 0 Å². The number of piperidine rings is 1. The van der Waals surface area contributed by atoms with Crippen LogP contribution in [0.3, 0.4) is 0 Å². The lowest BCUT2D eigenvalue weighted by molar-refractivity contribution is -0.0320. The fourth-order valence-electron chi connectivity index (χ4n) is 2.54. The summed E-state index contributed by atoms with van der Waals surface area (Å²) in [4.78, 5) is 17.4. The molecule has 2 heterocycles. The predicted molar refractivity (Wildman–Crippen MR) is 87.6 cm³/mol. The number of carbonyl (C=O) groups excluding carboxylic acids is 1. The molecule has 1 aliphatic heterocycles. The molecule has 0 unspecified atom stereocenters. The van der Waals surface area contributed by atoms with Gasteiger partial charge in [0.25, 0.3) is 0 Å². The highest BCUT2D eigenvalue weighted by Crippen LogP contribution is 2.30. The highest BCUT2D eigenvalue weighted by Gasteiger charge is 2.36. The molecule has 2 rings (SSSR count). The molecule has 1 aromatic rings. The van der Waals surface area contributed by atoms with Crippen molar-refractivity contribution in [1.29, 1.82) is 0 Å². The molecule has 0 saturated carbocycles. The smallest absolute Gasteiger partial charge is 0.410 e. The summed E-state index contributed by atoms with van der Waals surface area (Å²) in [6.45, 7) is 6.21. The Morgan fingerprint density at radius 1 is 1.43 bits per heavy atom. The number of nitrogens with zero attached hydrogens (tertiary/aromatic N) is 2. The zero-order valence-corrected chi connectivity index (χ0v) is 15.2. The number of amides is 1. The number of aromatic nitrogens is 1. The van der Waals surface area contributed by atoms with Crippen LogP contribution < -0.4 is 0 Å². The first-order chi connectivity index (χ1) is 10.6. The monoisotopic (exact) mass is 388 g/mol. The maximum Gasteiger partial charge on any atom is 0.410 e. The van der Waals surface area contributed by atoms with E-state index in [-0.39, 0.29) is 12.5 Å². The van der Waals surface area contributed by atoms with E-state index in [2.05, 4.69) is 20.9 Å². The third kappa shape index (κ3) is 4.88. The van der Waals surface area contributed by atoms with Crippen LogP contribution >= 0.6 is 15.9 Å². The van der Waals surface area contributed by atoms with Crippen molar-refractivity contribution < 1.29 is 19.0 Å². The lowest BCUT2D eigenvalue weighted by Gasteiger charge is -2.38. The number of ether oxygens (including phenoxy) is 1. The van der Waals surface area contributed by atoms with E-state index >= 15 is 0 Å². The Bertz CT molecular complexity index is 561. The van der Waals surface area contributed by atoms with E-state index in [0.717, 1.165) is 6.20 Å². The second kappa shape index (κ2) is 6.73. The summed E-state index contributed by atoms with van der Waals surface area (Å²) in [5, 5.41) is 10.7. The fraction of sp³-hybridized carbons (Fsp3) is 0.625. The summed E-state index contributed by atoms with van der Waals surface area (Å²) < 4.78 is 19.8. The number of likely N-dealkylation sites (tertiary alicyclic amines) is 1. The highest BCUT2D eigenvalue weighted by atomic mass is 79.9. The molecule has 0 spiro atoms. The summed E-state index contributed by atoms with van der Waals surface area (Å²) >= 11 is 3.27. The molecular formula is C16H22BrFN2O3. The number of hydrogen-bond donors (Lipinski definition) is 1. The van der Waals surface area contributed by atoms with E-state index in [1.807, 2.05) is 20.8 Å². The molecule has 1 amide bonds. The van der Waals surface area contributed by atoms with Crippen molar-refractivity contribution in [2.24, 2.45) is 0 Å². The standard InChI is InChI=1S/C16H22BrFN2O3/c1-15(2,3)23-14(21)20-6-4-16(22,5-7-20)8-11-12(17)9-19-10-13(11)18/h9-10,22H,4-8H2,1-3H3. The van der Waals surface area contributed by atoms with Gasteiger partial charge in [0.05, 0.1) is 11.8 Å². The average Bonchev–Trinajstić information content (AvgIpc) is 2.42. The molecule has 128 valence electrons. The van der Waals surface area contributed by atoms with Crippen molar-refractivity contribution >= 4 is 22.0 Å². The van der Waals surface area contributed by atoms with Crippen LogP contribution in [0.15, 0.2) is 16.9 Å². The van der Waals surface area contributed by atoms with Crippen molar-refractivity contribution in [2.45, 2.75) is 51.2 Å². The molecule has 7 heteroatoms. The zero-order valence-electron chi connectivity index (χ0n) is 13.6. The lowest BCUT2D eigenvalue weighted by Crippen LogP contribution is -2.49. The van der Waals surface area contributed by atoms with Crippen LogP contribution in [0.1, 0.15) is 39.2 Å². The van der Waals surface area contributed by atoms with Gasteiger partial charge in [0.15, 0.2) is 0 Å². The molecular weight excluding hydrogens is 367 g/mol. The van der Waals surface area contributed by atoms with Crippen LogP contribution in [0.4, 0.5) is 9.18 Å². The Morgan fingerprint density at radius 3 is 2.57 bits per heavy atom. The fourth-order valence-corrected chi connectivity index (χ4v) is 2.99. The van der Waals surface area contributed by atoms with E-state index in [9.17, 15) is 14.3 Å². The van der Waals surface area contributed by atoms with Gasteiger partial charge < -0.3 is 14.7 Å². The number of rotatable bonds is 2. The molecule has 1 saturated heterocycles. The maximum absolute atomic E-state index is 13.9. The van der Waals surface area contributed by atoms with Gasteiger partial charge >= 0.3 is 6.09 Å². The van der Waals surface area contributed by atoms with Crippen molar-refractivity contribution in [3.63, 3.8) is 0 Å². The minimum atomic E-state index is -1.04. The second-order valence-corrected chi connectivity index (χ2v) is 7.80. The number of aliphatic hydroxyl groups is 1. The average molecular weight is 389 g/mol. The van der Waals surface area contributed by atoms with Gasteiger partial charge in [0.2, 0.25) is 0 Å². The first-order valence-electron chi connectivity index (χ1n) is 7.58. The van der Waals surface area contributed by atoms with E-state index in [1.54, 1.807) is 4.90 Å². The third-order valence-corrected chi connectivity index (χ3v) is 4.49. The minimum Gasteiger partial charge on any atom is -0.444 e. The molecule has 0 aliphatic carbocycles. The first-order valence-corrected chi connectivity index (χ1v) is 8.37. The number of hydrogen-bond acceptors (Lipinski definition) is 4. The van der Waals surface area contributed by atoms with Crippen molar-refractivity contribution in [3.8, 4) is 0 Å². The van der Waals surface area contributed by atoms with Crippen molar-refractivity contribution in [2.75, 3.05) is 13.1 Å². The Hall–Kier alpha value is -1.21. The number of pyridine rings is 1. The van der Waals surface area contributed by atoms with E-state index in [4.69, 9.17) is 4.74 Å². The number of carbonyl (C=O) groups is 1. The van der Waals surface area contributed by atoms with Gasteiger partial charge in [-0.1, -0.05) is 0 Å². The zero-order chi connectivity index (χ0) is 17.3. The van der Waals surface area contributed by atoms with Gasteiger partial charge in [-0.25, -0.2) is 9.18 Å². The van der Waals surface area contributed by atoms with Crippen LogP contribution in [-0.4, -0.2) is 45.4 Å². The SMILES string of the molecule is CC(C)(C)OC(=O)N1CCC(O)(Cc2c(F)cncc2Br)CC1. The quantitative estimate of drug-likeness (QED) is 0.843. The van der Waals surface area contributed by atoms with Gasteiger partial charge in [-0.15, -0.1) is 0 Å². The van der Waals surface area contributed by atoms with Gasteiger partial charge in [-0.05, 0) is 49.5 Å². The second-order valence-electron chi connectivity index (χ2n) is 6.95. The lowest BCUT2D eigenvalue weighted by atomic mass is 9.85. The normalized spacial score (nSPS) is 17.9. The van der Waals surface area contributed by atoms with Crippen LogP contribution in [0.25, 0.3) is 0 Å². The molecule has 23 heavy (non-hydrogen) atoms. The van der Waals surface area contributed by atoms with Gasteiger partial charge in [-0.3, -0.25) is 4.98 Å². The van der Waals surface area contributed by atoms with Crippen molar-refractivity contribution in [3.05, 3.63) is 28.2 Å².